The molecule has 102 valence electrons. The van der Waals surface area contributed by atoms with Gasteiger partial charge in [-0.05, 0) is 12.8 Å². The average molecular weight is 281 g/mol. The predicted octanol–water partition coefficient (Wildman–Crippen LogP) is 1.14. The van der Waals surface area contributed by atoms with Crippen molar-refractivity contribution < 1.29 is 13.2 Å². The van der Waals surface area contributed by atoms with E-state index in [1.165, 1.54) is 23.8 Å². The number of hydrogen-bond acceptors (Lipinski definition) is 5. The third-order valence-corrected chi connectivity index (χ3v) is 5.05. The standard InChI is InChI=1S/C12H15N3O3S/c1-18-11-8-14-9-12(10(11)7-13)19(16,17)15-5-3-2-4-6-15/h8-9H,2-6H2,1H3. The number of pyridine rings is 1. The zero-order valence-electron chi connectivity index (χ0n) is 10.7. The summed E-state index contributed by atoms with van der Waals surface area (Å²) in [6, 6.07) is 1.89. The van der Waals surface area contributed by atoms with Crippen molar-refractivity contribution in [2.24, 2.45) is 0 Å². The molecule has 0 N–H and O–H groups in total. The van der Waals surface area contributed by atoms with Gasteiger partial charge in [0, 0.05) is 19.3 Å². The maximum atomic E-state index is 12.5. The first-order valence-corrected chi connectivity index (χ1v) is 7.47. The van der Waals surface area contributed by atoms with Crippen molar-refractivity contribution >= 4 is 10.0 Å². The van der Waals surface area contributed by atoms with Gasteiger partial charge in [-0.2, -0.15) is 9.57 Å². The molecule has 0 radical (unpaired) electrons. The molecule has 7 heteroatoms. The van der Waals surface area contributed by atoms with Gasteiger partial charge in [0.25, 0.3) is 0 Å². The Labute approximate surface area is 112 Å². The fraction of sp³-hybridized carbons (Fsp3) is 0.500. The van der Waals surface area contributed by atoms with Crippen molar-refractivity contribution in [2.75, 3.05) is 20.2 Å². The molecule has 0 unspecified atom stereocenters. The molecule has 1 aliphatic rings. The van der Waals surface area contributed by atoms with Crippen LogP contribution in [-0.2, 0) is 10.0 Å². The topological polar surface area (TPSA) is 83.3 Å². The van der Waals surface area contributed by atoms with E-state index in [-0.39, 0.29) is 16.2 Å². The van der Waals surface area contributed by atoms with Gasteiger partial charge in [0.1, 0.15) is 16.5 Å². The Hall–Kier alpha value is -1.65. The number of aromatic nitrogens is 1. The highest BCUT2D eigenvalue weighted by Crippen LogP contribution is 2.27. The molecule has 0 bridgehead atoms. The summed E-state index contributed by atoms with van der Waals surface area (Å²) in [6.07, 6.45) is 5.28. The summed E-state index contributed by atoms with van der Waals surface area (Å²) < 4.78 is 31.4. The van der Waals surface area contributed by atoms with E-state index in [1.54, 1.807) is 0 Å². The highest BCUT2D eigenvalue weighted by molar-refractivity contribution is 7.89. The second-order valence-corrected chi connectivity index (χ2v) is 6.20. The van der Waals surface area contributed by atoms with Crippen molar-refractivity contribution in [1.29, 1.82) is 5.26 Å². The van der Waals surface area contributed by atoms with Crippen LogP contribution in [0.15, 0.2) is 17.3 Å². The van der Waals surface area contributed by atoms with Gasteiger partial charge in [0.15, 0.2) is 5.75 Å². The first kappa shape index (κ1) is 13.8. The molecule has 0 aliphatic carbocycles. The molecule has 1 aromatic heterocycles. The Kier molecular flexibility index (Phi) is 4.02. The molecule has 1 fully saturated rings. The van der Waals surface area contributed by atoms with Gasteiger partial charge < -0.3 is 4.74 Å². The SMILES string of the molecule is COc1cncc(S(=O)(=O)N2CCCCC2)c1C#N. The van der Waals surface area contributed by atoms with Crippen LogP contribution in [0.25, 0.3) is 0 Å². The van der Waals surface area contributed by atoms with E-state index < -0.39 is 10.0 Å². The van der Waals surface area contributed by atoms with Crippen LogP contribution in [0.3, 0.4) is 0 Å². The molecule has 2 rings (SSSR count). The molecule has 19 heavy (non-hydrogen) atoms. The number of nitriles is 1. The molecule has 0 aromatic carbocycles. The monoisotopic (exact) mass is 281 g/mol. The molecule has 6 nitrogen and oxygen atoms in total. The predicted molar refractivity (Wildman–Crippen MR) is 68.1 cm³/mol. The minimum atomic E-state index is -3.67. The number of nitrogens with zero attached hydrogens (tertiary/aromatic N) is 3. The number of ether oxygens (including phenoxy) is 1. The zero-order chi connectivity index (χ0) is 13.9. The van der Waals surface area contributed by atoms with Crippen LogP contribution >= 0.6 is 0 Å². The van der Waals surface area contributed by atoms with Crippen molar-refractivity contribution in [1.82, 2.24) is 9.29 Å². The summed E-state index contributed by atoms with van der Waals surface area (Å²) in [7, 11) is -2.28. The first-order valence-electron chi connectivity index (χ1n) is 6.03. The second kappa shape index (κ2) is 5.55. The normalized spacial score (nSPS) is 16.8. The van der Waals surface area contributed by atoms with Crippen LogP contribution in [0, 0.1) is 11.3 Å². The minimum Gasteiger partial charge on any atom is -0.494 e. The number of sulfonamides is 1. The quantitative estimate of drug-likeness (QED) is 0.829. The van der Waals surface area contributed by atoms with Gasteiger partial charge in [-0.3, -0.25) is 4.98 Å². The van der Waals surface area contributed by atoms with E-state index in [0.29, 0.717) is 13.1 Å². The van der Waals surface area contributed by atoms with Gasteiger partial charge in [0.2, 0.25) is 10.0 Å². The molecular weight excluding hydrogens is 266 g/mol. The van der Waals surface area contributed by atoms with Crippen LogP contribution in [0.1, 0.15) is 24.8 Å². The summed E-state index contributed by atoms with van der Waals surface area (Å²) in [4.78, 5) is 3.77. The Morgan fingerprint density at radius 2 is 2.00 bits per heavy atom. The minimum absolute atomic E-state index is 0.0167. The van der Waals surface area contributed by atoms with E-state index in [9.17, 15) is 8.42 Å². The van der Waals surface area contributed by atoms with Gasteiger partial charge in [-0.15, -0.1) is 0 Å². The number of piperidine rings is 1. The Morgan fingerprint density at radius 3 is 2.58 bits per heavy atom. The van der Waals surface area contributed by atoms with Gasteiger partial charge in [-0.1, -0.05) is 6.42 Å². The van der Waals surface area contributed by atoms with Crippen LogP contribution in [0.5, 0.6) is 5.75 Å². The Morgan fingerprint density at radius 1 is 1.32 bits per heavy atom. The highest BCUT2D eigenvalue weighted by atomic mass is 32.2. The van der Waals surface area contributed by atoms with Crippen LogP contribution in [0.2, 0.25) is 0 Å². The lowest BCUT2D eigenvalue weighted by Gasteiger charge is -2.26. The summed E-state index contributed by atoms with van der Waals surface area (Å²) in [5, 5.41) is 9.15. The molecule has 0 amide bonds. The average Bonchev–Trinajstić information content (AvgIpc) is 2.47. The molecule has 1 saturated heterocycles. The lowest BCUT2D eigenvalue weighted by Crippen LogP contribution is -2.36. The van der Waals surface area contributed by atoms with Crippen molar-refractivity contribution in [3.63, 3.8) is 0 Å². The van der Waals surface area contributed by atoms with E-state index in [1.807, 2.05) is 6.07 Å². The van der Waals surface area contributed by atoms with Crippen LogP contribution in [-0.4, -0.2) is 37.9 Å². The first-order chi connectivity index (χ1) is 9.11. The van der Waals surface area contributed by atoms with Gasteiger partial charge in [-0.25, -0.2) is 8.42 Å². The summed E-state index contributed by atoms with van der Waals surface area (Å²) in [5.74, 6) is 0.181. The number of methoxy groups -OCH3 is 1. The molecule has 0 atom stereocenters. The summed E-state index contributed by atoms with van der Waals surface area (Å²) in [6.45, 7) is 0.981. The molecule has 0 spiro atoms. The van der Waals surface area contributed by atoms with Gasteiger partial charge >= 0.3 is 0 Å². The Bertz CT molecular complexity index is 601. The third kappa shape index (κ3) is 2.55. The fourth-order valence-electron chi connectivity index (χ4n) is 2.13. The van der Waals surface area contributed by atoms with Crippen molar-refractivity contribution in [3.05, 3.63) is 18.0 Å². The largest absolute Gasteiger partial charge is 0.494 e. The summed E-state index contributed by atoms with van der Waals surface area (Å²) >= 11 is 0. The third-order valence-electron chi connectivity index (χ3n) is 3.14. The highest BCUT2D eigenvalue weighted by Gasteiger charge is 2.30. The molecule has 0 saturated carbocycles. The van der Waals surface area contributed by atoms with Crippen molar-refractivity contribution in [3.8, 4) is 11.8 Å². The smallest absolute Gasteiger partial charge is 0.246 e. The Balaban J connectivity index is 2.49. The van der Waals surface area contributed by atoms with Gasteiger partial charge in [0.05, 0.1) is 13.3 Å². The lowest BCUT2D eigenvalue weighted by molar-refractivity contribution is 0.346. The molecule has 2 heterocycles. The lowest BCUT2D eigenvalue weighted by atomic mass is 10.2. The molecule has 1 aromatic rings. The zero-order valence-corrected chi connectivity index (χ0v) is 11.5. The summed E-state index contributed by atoms with van der Waals surface area (Å²) in [5.41, 5.74) is 0.0167. The molecule has 1 aliphatic heterocycles. The second-order valence-electron chi connectivity index (χ2n) is 4.29. The molecular formula is C12H15N3O3S. The number of rotatable bonds is 3. The maximum absolute atomic E-state index is 12.5. The number of hydrogen-bond donors (Lipinski definition) is 0. The van der Waals surface area contributed by atoms with E-state index in [4.69, 9.17) is 10.00 Å². The maximum Gasteiger partial charge on any atom is 0.246 e. The van der Waals surface area contributed by atoms with E-state index in [0.717, 1.165) is 19.3 Å². The van der Waals surface area contributed by atoms with Crippen molar-refractivity contribution in [2.45, 2.75) is 24.2 Å². The van der Waals surface area contributed by atoms with Crippen LogP contribution < -0.4 is 4.74 Å². The van der Waals surface area contributed by atoms with E-state index >= 15 is 0 Å². The van der Waals surface area contributed by atoms with E-state index in [2.05, 4.69) is 4.98 Å². The van der Waals surface area contributed by atoms with Crippen LogP contribution in [0.4, 0.5) is 0 Å². The fourth-order valence-corrected chi connectivity index (χ4v) is 3.74.